The first-order valence-corrected chi connectivity index (χ1v) is 6.56. The van der Waals surface area contributed by atoms with E-state index in [-0.39, 0.29) is 11.9 Å². The molecule has 0 aliphatic carbocycles. The van der Waals surface area contributed by atoms with Crippen LogP contribution < -0.4 is 10.6 Å². The summed E-state index contributed by atoms with van der Waals surface area (Å²) in [5, 5.41) is 8.62. The summed E-state index contributed by atoms with van der Waals surface area (Å²) in [4.78, 5) is 24.0. The molecule has 5 nitrogen and oxygen atoms in total. The predicted octanol–water partition coefficient (Wildman–Crippen LogP) is 1.55. The molecule has 5 heteroatoms. The highest BCUT2D eigenvalue weighted by Gasteiger charge is 2.29. The van der Waals surface area contributed by atoms with Gasteiger partial charge in [-0.25, -0.2) is 4.79 Å². The van der Waals surface area contributed by atoms with Gasteiger partial charge in [-0.3, -0.25) is 4.79 Å². The minimum absolute atomic E-state index is 0.242. The molecule has 1 fully saturated rings. The van der Waals surface area contributed by atoms with Crippen LogP contribution in [0.2, 0.25) is 0 Å². The molecule has 0 saturated carbocycles. The third kappa shape index (κ3) is 2.99. The number of nitrogens with zero attached hydrogens (tertiary/aromatic N) is 1. The molecule has 2 rings (SSSR count). The Labute approximate surface area is 117 Å². The standard InChI is InChI=1S/C15H18N2O3/c1-10-9-11(5-7-14(18)19)4-6-12(10)17-8-2-3-13(17)15(16)20/h4-7,9,13H,2-3,8H2,1H3,(H2,16,20)(H,18,19). The average molecular weight is 274 g/mol. The van der Waals surface area contributed by atoms with E-state index in [1.165, 1.54) is 0 Å². The number of hydrogen-bond acceptors (Lipinski definition) is 3. The van der Waals surface area contributed by atoms with Gasteiger partial charge in [-0.2, -0.15) is 0 Å². The lowest BCUT2D eigenvalue weighted by Crippen LogP contribution is -2.40. The molecule has 1 aromatic rings. The number of aliphatic carboxylic acids is 1. The number of carbonyl (C=O) groups excluding carboxylic acids is 1. The fourth-order valence-corrected chi connectivity index (χ4v) is 2.62. The second kappa shape index (κ2) is 5.77. The van der Waals surface area contributed by atoms with E-state index in [4.69, 9.17) is 10.8 Å². The van der Waals surface area contributed by atoms with Gasteiger partial charge in [0, 0.05) is 18.3 Å². The number of amides is 1. The Bertz CT molecular complexity index is 566. The molecule has 0 radical (unpaired) electrons. The molecule has 1 aromatic carbocycles. The van der Waals surface area contributed by atoms with Crippen molar-refractivity contribution in [2.75, 3.05) is 11.4 Å². The zero-order valence-electron chi connectivity index (χ0n) is 11.4. The van der Waals surface area contributed by atoms with Crippen LogP contribution in [-0.4, -0.2) is 29.6 Å². The molecule has 1 saturated heterocycles. The first-order valence-electron chi connectivity index (χ1n) is 6.56. The van der Waals surface area contributed by atoms with Gasteiger partial charge in [0.2, 0.25) is 5.91 Å². The SMILES string of the molecule is Cc1cc(C=CC(=O)O)ccc1N1CCCC1C(N)=O. The Morgan fingerprint density at radius 2 is 2.20 bits per heavy atom. The summed E-state index contributed by atoms with van der Waals surface area (Å²) >= 11 is 0. The maximum absolute atomic E-state index is 11.4. The molecule has 0 bridgehead atoms. The number of primary amides is 1. The average Bonchev–Trinajstić information content (AvgIpc) is 2.85. The normalized spacial score (nSPS) is 18.6. The van der Waals surface area contributed by atoms with Gasteiger partial charge in [0.15, 0.2) is 0 Å². The summed E-state index contributed by atoms with van der Waals surface area (Å²) in [6.45, 7) is 2.77. The predicted molar refractivity (Wildman–Crippen MR) is 77.4 cm³/mol. The van der Waals surface area contributed by atoms with Crippen molar-refractivity contribution < 1.29 is 14.7 Å². The van der Waals surface area contributed by atoms with Crippen molar-refractivity contribution in [2.45, 2.75) is 25.8 Å². The van der Waals surface area contributed by atoms with E-state index in [1.54, 1.807) is 6.08 Å². The van der Waals surface area contributed by atoms with Crippen molar-refractivity contribution in [2.24, 2.45) is 5.73 Å². The van der Waals surface area contributed by atoms with Crippen LogP contribution in [0.3, 0.4) is 0 Å². The zero-order valence-corrected chi connectivity index (χ0v) is 11.4. The number of aryl methyl sites for hydroxylation is 1. The van der Waals surface area contributed by atoms with Crippen molar-refractivity contribution in [1.82, 2.24) is 0 Å². The van der Waals surface area contributed by atoms with E-state index >= 15 is 0 Å². The first kappa shape index (κ1) is 14.1. The van der Waals surface area contributed by atoms with Crippen molar-refractivity contribution in [3.63, 3.8) is 0 Å². The summed E-state index contributed by atoms with van der Waals surface area (Å²) in [6, 6.07) is 5.43. The van der Waals surface area contributed by atoms with Gasteiger partial charge in [-0.15, -0.1) is 0 Å². The second-order valence-corrected chi connectivity index (χ2v) is 4.97. The number of carboxylic acids is 1. The maximum Gasteiger partial charge on any atom is 0.328 e. The summed E-state index contributed by atoms with van der Waals surface area (Å²) in [5.41, 5.74) is 8.24. The van der Waals surface area contributed by atoms with Crippen LogP contribution in [0, 0.1) is 6.92 Å². The van der Waals surface area contributed by atoms with Crippen LogP contribution >= 0.6 is 0 Å². The van der Waals surface area contributed by atoms with Gasteiger partial charge in [0.05, 0.1) is 0 Å². The molecule has 0 aromatic heterocycles. The van der Waals surface area contributed by atoms with E-state index < -0.39 is 5.97 Å². The molecule has 1 amide bonds. The van der Waals surface area contributed by atoms with E-state index in [9.17, 15) is 9.59 Å². The number of carboxylic acid groups (broad SMARTS) is 1. The minimum atomic E-state index is -0.972. The number of benzene rings is 1. The fraction of sp³-hybridized carbons (Fsp3) is 0.333. The van der Waals surface area contributed by atoms with E-state index in [1.807, 2.05) is 30.0 Å². The highest BCUT2D eigenvalue weighted by molar-refractivity contribution is 5.86. The summed E-state index contributed by atoms with van der Waals surface area (Å²) in [6.07, 6.45) is 4.40. The lowest BCUT2D eigenvalue weighted by Gasteiger charge is -2.26. The van der Waals surface area contributed by atoms with E-state index in [0.717, 1.165) is 42.3 Å². The Morgan fingerprint density at radius 1 is 1.45 bits per heavy atom. The zero-order chi connectivity index (χ0) is 14.7. The van der Waals surface area contributed by atoms with Crippen molar-refractivity contribution in [1.29, 1.82) is 0 Å². The number of hydrogen-bond donors (Lipinski definition) is 2. The fourth-order valence-electron chi connectivity index (χ4n) is 2.62. The largest absolute Gasteiger partial charge is 0.478 e. The van der Waals surface area contributed by atoms with Crippen LogP contribution in [0.15, 0.2) is 24.3 Å². The number of anilines is 1. The molecule has 1 aliphatic heterocycles. The lowest BCUT2D eigenvalue weighted by molar-refractivity contribution is -0.131. The van der Waals surface area contributed by atoms with Crippen LogP contribution in [-0.2, 0) is 9.59 Å². The van der Waals surface area contributed by atoms with Gasteiger partial charge in [-0.05, 0) is 49.1 Å². The Hall–Kier alpha value is -2.30. The van der Waals surface area contributed by atoms with Crippen LogP contribution in [0.4, 0.5) is 5.69 Å². The molecule has 20 heavy (non-hydrogen) atoms. The van der Waals surface area contributed by atoms with Gasteiger partial charge >= 0.3 is 5.97 Å². The molecule has 1 atom stereocenters. The summed E-state index contributed by atoms with van der Waals surface area (Å²) < 4.78 is 0. The smallest absolute Gasteiger partial charge is 0.328 e. The van der Waals surface area contributed by atoms with Crippen LogP contribution in [0.1, 0.15) is 24.0 Å². The minimum Gasteiger partial charge on any atom is -0.478 e. The molecule has 1 heterocycles. The van der Waals surface area contributed by atoms with Crippen molar-refractivity contribution in [3.05, 3.63) is 35.4 Å². The van der Waals surface area contributed by atoms with Crippen molar-refractivity contribution in [3.8, 4) is 0 Å². The lowest BCUT2D eigenvalue weighted by atomic mass is 10.1. The van der Waals surface area contributed by atoms with Crippen LogP contribution in [0.5, 0.6) is 0 Å². The van der Waals surface area contributed by atoms with Crippen molar-refractivity contribution >= 4 is 23.6 Å². The molecule has 1 aliphatic rings. The quantitative estimate of drug-likeness (QED) is 0.816. The Morgan fingerprint density at radius 3 is 2.80 bits per heavy atom. The molecule has 0 spiro atoms. The monoisotopic (exact) mass is 274 g/mol. The topological polar surface area (TPSA) is 83.6 Å². The molecule has 106 valence electrons. The third-order valence-electron chi connectivity index (χ3n) is 3.53. The summed E-state index contributed by atoms with van der Waals surface area (Å²) in [5.74, 6) is -1.27. The number of rotatable bonds is 4. The molecular weight excluding hydrogens is 256 g/mol. The van der Waals surface area contributed by atoms with Gasteiger partial charge in [0.1, 0.15) is 6.04 Å². The molecule has 3 N–H and O–H groups in total. The number of carbonyl (C=O) groups is 2. The molecule has 1 unspecified atom stereocenters. The second-order valence-electron chi connectivity index (χ2n) is 4.97. The first-order chi connectivity index (χ1) is 9.49. The Balaban J connectivity index is 2.25. The van der Waals surface area contributed by atoms with Crippen LogP contribution in [0.25, 0.3) is 6.08 Å². The number of nitrogens with two attached hydrogens (primary N) is 1. The molecular formula is C15H18N2O3. The van der Waals surface area contributed by atoms with Gasteiger partial charge in [-0.1, -0.05) is 6.07 Å². The van der Waals surface area contributed by atoms with E-state index in [2.05, 4.69) is 0 Å². The maximum atomic E-state index is 11.4. The third-order valence-corrected chi connectivity index (χ3v) is 3.53. The van der Waals surface area contributed by atoms with E-state index in [0.29, 0.717) is 0 Å². The highest BCUT2D eigenvalue weighted by Crippen LogP contribution is 2.29. The van der Waals surface area contributed by atoms with Gasteiger partial charge in [0.25, 0.3) is 0 Å². The highest BCUT2D eigenvalue weighted by atomic mass is 16.4. The van der Waals surface area contributed by atoms with Gasteiger partial charge < -0.3 is 15.7 Å². The summed E-state index contributed by atoms with van der Waals surface area (Å²) in [7, 11) is 0. The Kier molecular flexibility index (Phi) is 4.08.